The Hall–Kier alpha value is -0.130. The highest BCUT2D eigenvalue weighted by molar-refractivity contribution is 7.85. The molecule has 0 rings (SSSR count). The SMILES string of the molecule is CCCCCCCCCC[N+](CCCCCCCCCC)(CCCCCCCCCC)CCCS(=O)(=O)O. The first kappa shape index (κ1) is 37.9. The van der Waals surface area contributed by atoms with Crippen LogP contribution in [0.1, 0.15) is 181 Å². The highest BCUT2D eigenvalue weighted by Gasteiger charge is 2.26. The summed E-state index contributed by atoms with van der Waals surface area (Å²) in [5, 5.41) is 0. The van der Waals surface area contributed by atoms with E-state index in [1.54, 1.807) is 0 Å². The predicted molar refractivity (Wildman–Crippen MR) is 169 cm³/mol. The maximum Gasteiger partial charge on any atom is 0.265 e. The summed E-state index contributed by atoms with van der Waals surface area (Å²) < 4.78 is 33.4. The van der Waals surface area contributed by atoms with Gasteiger partial charge < -0.3 is 4.48 Å². The van der Waals surface area contributed by atoms with Gasteiger partial charge in [-0.15, -0.1) is 0 Å². The molecular formula is C33H70NO3S+. The van der Waals surface area contributed by atoms with E-state index in [0.717, 1.165) is 11.0 Å². The molecule has 0 bridgehead atoms. The zero-order chi connectivity index (χ0) is 28.2. The van der Waals surface area contributed by atoms with E-state index in [-0.39, 0.29) is 5.75 Å². The highest BCUT2D eigenvalue weighted by atomic mass is 32.2. The summed E-state index contributed by atoms with van der Waals surface area (Å²) in [6, 6.07) is 0. The molecule has 0 amide bonds. The van der Waals surface area contributed by atoms with Crippen LogP contribution in [0.3, 0.4) is 0 Å². The molecule has 230 valence electrons. The van der Waals surface area contributed by atoms with Crippen LogP contribution in [-0.2, 0) is 10.1 Å². The van der Waals surface area contributed by atoms with Gasteiger partial charge in [-0.3, -0.25) is 4.55 Å². The Morgan fingerprint density at radius 1 is 0.395 bits per heavy atom. The molecule has 0 aliphatic rings. The topological polar surface area (TPSA) is 54.4 Å². The minimum absolute atomic E-state index is 0.0840. The lowest BCUT2D eigenvalue weighted by molar-refractivity contribution is -0.928. The molecule has 0 radical (unpaired) electrons. The molecule has 0 fully saturated rings. The van der Waals surface area contributed by atoms with Crippen LogP contribution in [-0.4, -0.2) is 49.4 Å². The van der Waals surface area contributed by atoms with Crippen LogP contribution in [0.15, 0.2) is 0 Å². The van der Waals surface area contributed by atoms with Gasteiger partial charge in [0.15, 0.2) is 0 Å². The maximum atomic E-state index is 11.5. The Morgan fingerprint density at radius 3 is 0.895 bits per heavy atom. The van der Waals surface area contributed by atoms with E-state index in [1.807, 2.05) is 0 Å². The Balaban J connectivity index is 4.84. The van der Waals surface area contributed by atoms with Crippen LogP contribution in [0.2, 0.25) is 0 Å². The van der Waals surface area contributed by atoms with Gasteiger partial charge in [0.1, 0.15) is 0 Å². The fourth-order valence-corrected chi connectivity index (χ4v) is 6.49. The molecule has 0 aromatic heterocycles. The minimum atomic E-state index is -3.88. The zero-order valence-electron chi connectivity index (χ0n) is 26.3. The third-order valence-corrected chi connectivity index (χ3v) is 9.30. The van der Waals surface area contributed by atoms with Gasteiger partial charge in [0.2, 0.25) is 0 Å². The second kappa shape index (κ2) is 27.1. The van der Waals surface area contributed by atoms with Crippen molar-refractivity contribution in [3.8, 4) is 0 Å². The molecule has 0 aromatic carbocycles. The summed E-state index contributed by atoms with van der Waals surface area (Å²) in [5.74, 6) is -0.0840. The third kappa shape index (κ3) is 26.1. The van der Waals surface area contributed by atoms with Gasteiger partial charge in [-0.2, -0.15) is 8.42 Å². The second-order valence-electron chi connectivity index (χ2n) is 12.3. The molecule has 0 saturated carbocycles. The first-order valence-corrected chi connectivity index (χ1v) is 18.8. The van der Waals surface area contributed by atoms with E-state index in [9.17, 15) is 13.0 Å². The smallest absolute Gasteiger partial charge is 0.265 e. The van der Waals surface area contributed by atoms with Crippen LogP contribution in [0.5, 0.6) is 0 Å². The molecule has 0 heterocycles. The van der Waals surface area contributed by atoms with Crippen LogP contribution in [0.4, 0.5) is 0 Å². The van der Waals surface area contributed by atoms with Crippen LogP contribution < -0.4 is 0 Å². The monoisotopic (exact) mass is 561 g/mol. The molecular weight excluding hydrogens is 490 g/mol. The van der Waals surface area contributed by atoms with Crippen molar-refractivity contribution in [2.24, 2.45) is 0 Å². The van der Waals surface area contributed by atoms with Crippen molar-refractivity contribution in [3.05, 3.63) is 0 Å². The van der Waals surface area contributed by atoms with Crippen molar-refractivity contribution in [2.45, 2.75) is 181 Å². The van der Waals surface area contributed by atoms with Gasteiger partial charge in [0, 0.05) is 6.42 Å². The van der Waals surface area contributed by atoms with Crippen LogP contribution in [0.25, 0.3) is 0 Å². The van der Waals surface area contributed by atoms with Crippen molar-refractivity contribution < 1.29 is 17.5 Å². The average molecular weight is 561 g/mol. The maximum absolute atomic E-state index is 11.5. The lowest BCUT2D eigenvalue weighted by Crippen LogP contribution is -2.51. The molecule has 0 aliphatic carbocycles. The van der Waals surface area contributed by atoms with Gasteiger partial charge in [-0.1, -0.05) is 136 Å². The van der Waals surface area contributed by atoms with Gasteiger partial charge in [0.25, 0.3) is 10.1 Å². The molecule has 0 spiro atoms. The van der Waals surface area contributed by atoms with Gasteiger partial charge in [0.05, 0.1) is 31.9 Å². The van der Waals surface area contributed by atoms with Crippen molar-refractivity contribution in [2.75, 3.05) is 31.9 Å². The summed E-state index contributed by atoms with van der Waals surface area (Å²) in [6.07, 6.45) is 32.6. The number of quaternary nitrogens is 1. The summed E-state index contributed by atoms with van der Waals surface area (Å²) in [4.78, 5) is 0. The quantitative estimate of drug-likeness (QED) is 0.0521. The van der Waals surface area contributed by atoms with E-state index >= 15 is 0 Å². The molecule has 0 atom stereocenters. The van der Waals surface area contributed by atoms with Crippen molar-refractivity contribution in [3.63, 3.8) is 0 Å². The molecule has 0 aromatic rings. The fraction of sp³-hybridized carbons (Fsp3) is 1.00. The summed E-state index contributed by atoms with van der Waals surface area (Å²) >= 11 is 0. The fourth-order valence-electron chi connectivity index (χ4n) is 6.00. The first-order valence-electron chi connectivity index (χ1n) is 17.2. The van der Waals surface area contributed by atoms with Crippen LogP contribution >= 0.6 is 0 Å². The molecule has 4 nitrogen and oxygen atoms in total. The molecule has 0 aliphatic heterocycles. The molecule has 38 heavy (non-hydrogen) atoms. The summed E-state index contributed by atoms with van der Waals surface area (Å²) in [5.41, 5.74) is 0. The molecule has 1 N–H and O–H groups in total. The minimum Gasteiger partial charge on any atom is -0.324 e. The first-order chi connectivity index (χ1) is 18.4. The van der Waals surface area contributed by atoms with E-state index < -0.39 is 10.1 Å². The number of nitrogens with zero attached hydrogens (tertiary/aromatic N) is 1. The van der Waals surface area contributed by atoms with E-state index in [1.165, 1.54) is 174 Å². The molecule has 5 heteroatoms. The van der Waals surface area contributed by atoms with Gasteiger partial charge in [-0.05, 0) is 38.5 Å². The molecule has 0 unspecified atom stereocenters. The van der Waals surface area contributed by atoms with Crippen molar-refractivity contribution >= 4 is 10.1 Å². The van der Waals surface area contributed by atoms with Gasteiger partial charge in [-0.25, -0.2) is 0 Å². The zero-order valence-corrected chi connectivity index (χ0v) is 27.1. The largest absolute Gasteiger partial charge is 0.324 e. The van der Waals surface area contributed by atoms with Gasteiger partial charge >= 0.3 is 0 Å². The van der Waals surface area contributed by atoms with Crippen molar-refractivity contribution in [1.82, 2.24) is 0 Å². The third-order valence-electron chi connectivity index (χ3n) is 8.49. The number of hydrogen-bond acceptors (Lipinski definition) is 2. The van der Waals surface area contributed by atoms with Crippen molar-refractivity contribution in [1.29, 1.82) is 0 Å². The number of rotatable bonds is 31. The van der Waals surface area contributed by atoms with E-state index in [0.29, 0.717) is 6.42 Å². The Kier molecular flexibility index (Phi) is 27.0. The Labute approximate surface area is 240 Å². The normalized spacial score (nSPS) is 12.4. The average Bonchev–Trinajstić information content (AvgIpc) is 2.88. The van der Waals surface area contributed by atoms with E-state index in [2.05, 4.69) is 20.8 Å². The summed E-state index contributed by atoms with van der Waals surface area (Å²) in [6.45, 7) is 11.3. The predicted octanol–water partition coefficient (Wildman–Crippen LogP) is 10.5. The van der Waals surface area contributed by atoms with Crippen LogP contribution in [0, 0.1) is 0 Å². The number of hydrogen-bond donors (Lipinski definition) is 1. The molecule has 0 saturated heterocycles. The summed E-state index contributed by atoms with van der Waals surface area (Å²) in [7, 11) is -3.88. The standard InChI is InChI=1S/C33H69NO3S/c1-4-7-10-13-16-19-22-25-29-34(32-28-33-38(35,36)37,30-26-23-20-17-14-11-8-5-2)31-27-24-21-18-15-12-9-6-3/h4-33H2,1-3H3/p+1. The highest BCUT2D eigenvalue weighted by Crippen LogP contribution is 2.20. The second-order valence-corrected chi connectivity index (χ2v) is 13.9. The van der Waals surface area contributed by atoms with E-state index in [4.69, 9.17) is 0 Å². The Bertz CT molecular complexity index is 528. The Morgan fingerprint density at radius 2 is 0.632 bits per heavy atom. The number of unbranched alkanes of at least 4 members (excludes halogenated alkanes) is 21. The lowest BCUT2D eigenvalue weighted by Gasteiger charge is -2.39. The lowest BCUT2D eigenvalue weighted by atomic mass is 10.0.